The molecular weight excluding hydrogens is 398 g/mol. The minimum absolute atomic E-state index is 0.0314. The van der Waals surface area contributed by atoms with Crippen molar-refractivity contribution in [2.75, 3.05) is 47.0 Å². The fraction of sp³-hybridized carbons (Fsp3) is 0.609. The zero-order chi connectivity index (χ0) is 22.4. The Morgan fingerprint density at radius 3 is 2.61 bits per heavy atom. The minimum Gasteiger partial charge on any atom is -0.497 e. The molecule has 0 spiro atoms. The average molecular weight is 432 g/mol. The van der Waals surface area contributed by atoms with E-state index in [1.807, 2.05) is 13.0 Å². The van der Waals surface area contributed by atoms with E-state index in [-0.39, 0.29) is 36.3 Å². The molecule has 1 aliphatic heterocycles. The lowest BCUT2D eigenvalue weighted by molar-refractivity contribution is -0.142. The quantitative estimate of drug-likeness (QED) is 0.783. The Kier molecular flexibility index (Phi) is 7.90. The third kappa shape index (κ3) is 5.36. The zero-order valence-corrected chi connectivity index (χ0v) is 18.7. The van der Waals surface area contributed by atoms with Crippen molar-refractivity contribution in [3.8, 4) is 5.75 Å². The monoisotopic (exact) mass is 431 g/mol. The normalized spacial score (nSPS) is 22.4. The molecule has 8 heteroatoms. The Morgan fingerprint density at radius 2 is 1.90 bits per heavy atom. The number of nitrogens with zero attached hydrogens (tertiary/aromatic N) is 2. The van der Waals surface area contributed by atoms with Gasteiger partial charge in [0.25, 0.3) is 5.91 Å². The summed E-state index contributed by atoms with van der Waals surface area (Å²) in [4.78, 5) is 42.5. The molecule has 1 saturated heterocycles. The molecule has 170 valence electrons. The van der Waals surface area contributed by atoms with Crippen LogP contribution in [0.4, 0.5) is 0 Å². The molecule has 0 bridgehead atoms. The summed E-state index contributed by atoms with van der Waals surface area (Å²) in [6.07, 6.45) is 3.54. The highest BCUT2D eigenvalue weighted by Crippen LogP contribution is 2.29. The summed E-state index contributed by atoms with van der Waals surface area (Å²) in [6, 6.07) is 5.20. The van der Waals surface area contributed by atoms with Crippen molar-refractivity contribution in [3.63, 3.8) is 0 Å². The molecule has 3 amide bonds. The molecule has 1 aromatic rings. The summed E-state index contributed by atoms with van der Waals surface area (Å²) in [5.41, 5.74) is 1.42. The Hall–Kier alpha value is -2.61. The summed E-state index contributed by atoms with van der Waals surface area (Å²) >= 11 is 0. The second-order valence-electron chi connectivity index (χ2n) is 8.24. The Labute approximate surface area is 183 Å². The van der Waals surface area contributed by atoms with E-state index >= 15 is 0 Å². The van der Waals surface area contributed by atoms with Crippen LogP contribution >= 0.6 is 0 Å². The highest BCUT2D eigenvalue weighted by atomic mass is 16.5. The molecule has 0 radical (unpaired) electrons. The lowest BCUT2D eigenvalue weighted by Crippen LogP contribution is -2.56. The van der Waals surface area contributed by atoms with Crippen LogP contribution in [0.5, 0.6) is 5.75 Å². The lowest BCUT2D eigenvalue weighted by atomic mass is 9.82. The largest absolute Gasteiger partial charge is 0.497 e. The first-order valence-electron chi connectivity index (χ1n) is 11.0. The number of fused-ring (bicyclic) bond motifs is 1. The van der Waals surface area contributed by atoms with Crippen LogP contribution in [0.25, 0.3) is 0 Å². The van der Waals surface area contributed by atoms with E-state index in [1.165, 1.54) is 7.11 Å². The molecular formula is C23H33N3O5. The molecule has 1 saturated carbocycles. The van der Waals surface area contributed by atoms with Crippen molar-refractivity contribution >= 4 is 17.7 Å². The van der Waals surface area contributed by atoms with Gasteiger partial charge in [-0.25, -0.2) is 0 Å². The van der Waals surface area contributed by atoms with E-state index in [4.69, 9.17) is 9.47 Å². The first kappa shape index (κ1) is 23.1. The van der Waals surface area contributed by atoms with Crippen molar-refractivity contribution in [1.29, 1.82) is 0 Å². The number of nitrogens with one attached hydrogen (secondary N) is 1. The van der Waals surface area contributed by atoms with E-state index in [1.54, 1.807) is 29.0 Å². The van der Waals surface area contributed by atoms with E-state index < -0.39 is 0 Å². The van der Waals surface area contributed by atoms with Gasteiger partial charge in [-0.3, -0.25) is 14.4 Å². The predicted molar refractivity (Wildman–Crippen MR) is 116 cm³/mol. The van der Waals surface area contributed by atoms with Gasteiger partial charge in [0.05, 0.1) is 13.0 Å². The number of ether oxygens (including phenoxy) is 2. The highest BCUT2D eigenvalue weighted by molar-refractivity contribution is 5.96. The highest BCUT2D eigenvalue weighted by Gasteiger charge is 2.37. The third-order valence-electron chi connectivity index (χ3n) is 6.30. The summed E-state index contributed by atoms with van der Waals surface area (Å²) in [5, 5.41) is 2.99. The van der Waals surface area contributed by atoms with Crippen LogP contribution in [0.15, 0.2) is 18.2 Å². The Bertz CT molecular complexity index is 812. The molecule has 1 aromatic carbocycles. The van der Waals surface area contributed by atoms with Crippen molar-refractivity contribution in [2.45, 2.75) is 38.6 Å². The molecule has 2 fully saturated rings. The van der Waals surface area contributed by atoms with Gasteiger partial charge in [0, 0.05) is 44.9 Å². The topological polar surface area (TPSA) is 88.2 Å². The molecule has 0 aromatic heterocycles. The minimum atomic E-state index is -0.208. The van der Waals surface area contributed by atoms with Gasteiger partial charge in [-0.05, 0) is 43.5 Å². The van der Waals surface area contributed by atoms with Crippen molar-refractivity contribution in [2.24, 2.45) is 5.92 Å². The molecule has 1 aliphatic carbocycles. The van der Waals surface area contributed by atoms with Crippen LogP contribution in [0.1, 0.15) is 41.6 Å². The fourth-order valence-corrected chi connectivity index (χ4v) is 4.63. The molecule has 1 heterocycles. The molecule has 0 unspecified atom stereocenters. The number of benzene rings is 1. The lowest BCUT2D eigenvalue weighted by Gasteiger charge is -2.41. The number of aryl methyl sites for hydroxylation is 1. The molecule has 8 nitrogen and oxygen atoms in total. The number of amides is 3. The standard InChI is InChI=1S/C23H33N3O5/c1-16-14-17(31-3)8-9-18(16)23(29)25-11-10-24-22(28)19-6-4-5-7-20(19)26(13-12-25)21(27)15-30-2/h8-9,14,19-20H,4-7,10-13,15H2,1-3H3,(H,24,28)/t19-,20+/m0/s1. The zero-order valence-electron chi connectivity index (χ0n) is 18.7. The first-order chi connectivity index (χ1) is 15.0. The van der Waals surface area contributed by atoms with E-state index in [2.05, 4.69) is 5.32 Å². The predicted octanol–water partition coefficient (Wildman–Crippen LogP) is 1.61. The first-order valence-corrected chi connectivity index (χ1v) is 11.0. The van der Waals surface area contributed by atoms with Gasteiger partial charge < -0.3 is 24.6 Å². The van der Waals surface area contributed by atoms with Crippen LogP contribution in [0.3, 0.4) is 0 Å². The van der Waals surface area contributed by atoms with Crippen molar-refractivity contribution < 1.29 is 23.9 Å². The molecule has 2 atom stereocenters. The fourth-order valence-electron chi connectivity index (χ4n) is 4.63. The van der Waals surface area contributed by atoms with Crippen molar-refractivity contribution in [1.82, 2.24) is 15.1 Å². The summed E-state index contributed by atoms with van der Waals surface area (Å²) < 4.78 is 10.3. The van der Waals surface area contributed by atoms with E-state index in [9.17, 15) is 14.4 Å². The smallest absolute Gasteiger partial charge is 0.254 e. The molecule has 3 rings (SSSR count). The van der Waals surface area contributed by atoms with Crippen LogP contribution in [-0.4, -0.2) is 80.6 Å². The maximum atomic E-state index is 13.3. The van der Waals surface area contributed by atoms with Gasteiger partial charge in [-0.15, -0.1) is 0 Å². The third-order valence-corrected chi connectivity index (χ3v) is 6.30. The maximum Gasteiger partial charge on any atom is 0.254 e. The SMILES string of the molecule is COCC(=O)N1CCN(C(=O)c2ccc(OC)cc2C)CCNC(=O)[C@H]2CCCC[C@H]21. The Balaban J connectivity index is 1.84. The summed E-state index contributed by atoms with van der Waals surface area (Å²) in [5.74, 6) is 0.201. The van der Waals surface area contributed by atoms with E-state index in [0.29, 0.717) is 37.5 Å². The van der Waals surface area contributed by atoms with Crippen LogP contribution in [-0.2, 0) is 14.3 Å². The molecule has 2 aliphatic rings. The van der Waals surface area contributed by atoms with E-state index in [0.717, 1.165) is 31.2 Å². The van der Waals surface area contributed by atoms with Crippen LogP contribution in [0.2, 0.25) is 0 Å². The van der Waals surface area contributed by atoms with Gasteiger partial charge in [0.2, 0.25) is 11.8 Å². The average Bonchev–Trinajstić information content (AvgIpc) is 2.77. The number of hydrogen-bond acceptors (Lipinski definition) is 5. The van der Waals surface area contributed by atoms with Gasteiger partial charge in [-0.2, -0.15) is 0 Å². The van der Waals surface area contributed by atoms with Crippen LogP contribution < -0.4 is 10.1 Å². The number of carbonyl (C=O) groups is 3. The summed E-state index contributed by atoms with van der Waals surface area (Å²) in [7, 11) is 3.08. The number of rotatable bonds is 4. The second-order valence-corrected chi connectivity index (χ2v) is 8.24. The number of methoxy groups -OCH3 is 2. The van der Waals surface area contributed by atoms with Gasteiger partial charge in [0.15, 0.2) is 0 Å². The maximum absolute atomic E-state index is 13.3. The van der Waals surface area contributed by atoms with Gasteiger partial charge in [0.1, 0.15) is 12.4 Å². The molecule has 1 N–H and O–H groups in total. The van der Waals surface area contributed by atoms with Gasteiger partial charge >= 0.3 is 0 Å². The van der Waals surface area contributed by atoms with Gasteiger partial charge in [-0.1, -0.05) is 12.8 Å². The second kappa shape index (κ2) is 10.6. The number of hydrogen-bond donors (Lipinski definition) is 1. The Morgan fingerprint density at radius 1 is 1.13 bits per heavy atom. The van der Waals surface area contributed by atoms with Crippen LogP contribution in [0, 0.1) is 12.8 Å². The summed E-state index contributed by atoms with van der Waals surface area (Å²) in [6.45, 7) is 3.42. The van der Waals surface area contributed by atoms with Crippen molar-refractivity contribution in [3.05, 3.63) is 29.3 Å². The number of carbonyl (C=O) groups excluding carboxylic acids is 3. The molecule has 31 heavy (non-hydrogen) atoms.